The van der Waals surface area contributed by atoms with Gasteiger partial charge in [-0.05, 0) is 80.9 Å². The number of benzene rings is 2. The third kappa shape index (κ3) is 17.1. The second-order valence-electron chi connectivity index (χ2n) is 15.4. The van der Waals surface area contributed by atoms with Gasteiger partial charge in [0.25, 0.3) is 0 Å². The second-order valence-corrected chi connectivity index (χ2v) is 21.4. The zero-order valence-electron chi connectivity index (χ0n) is 31.4. The zero-order chi connectivity index (χ0) is 38.2. The van der Waals surface area contributed by atoms with E-state index in [9.17, 15) is 0 Å². The molecule has 0 aliphatic rings. The normalized spacial score (nSPS) is 10.8. The van der Waals surface area contributed by atoms with E-state index in [0.717, 1.165) is 42.4 Å². The van der Waals surface area contributed by atoms with Crippen LogP contribution in [0.3, 0.4) is 0 Å². The van der Waals surface area contributed by atoms with Crippen molar-refractivity contribution in [1.29, 1.82) is 10.5 Å². The summed E-state index contributed by atoms with van der Waals surface area (Å²) >= 11 is 2.30. The Labute approximate surface area is 320 Å². The van der Waals surface area contributed by atoms with Crippen LogP contribution in [0.5, 0.6) is 0 Å². The van der Waals surface area contributed by atoms with Crippen LogP contribution in [-0.4, -0.2) is 41.1 Å². The highest BCUT2D eigenvalue weighted by molar-refractivity contribution is 14.1. The molecule has 264 valence electrons. The Morgan fingerprint density at radius 2 is 1.04 bits per heavy atom. The molecule has 0 saturated carbocycles. The van der Waals surface area contributed by atoms with Crippen molar-refractivity contribution in [3.8, 4) is 36.4 Å². The first-order valence-corrected chi connectivity index (χ1v) is 21.2. The van der Waals surface area contributed by atoms with Crippen LogP contribution in [0.15, 0.2) is 73.1 Å². The number of aromatic nitrogens is 4. The summed E-state index contributed by atoms with van der Waals surface area (Å²) in [6.07, 6.45) is 13.8. The number of terminal acetylenes is 2. The molecule has 0 radical (unpaired) electrons. The number of hydrogen-bond donors (Lipinski definition) is 0. The van der Waals surface area contributed by atoms with Crippen LogP contribution in [0.1, 0.15) is 69.9 Å². The van der Waals surface area contributed by atoms with Gasteiger partial charge in [0.05, 0.1) is 0 Å². The molecule has 0 aliphatic heterocycles. The Morgan fingerprint density at radius 1 is 0.667 bits per heavy atom. The molecule has 4 rings (SSSR count). The highest BCUT2D eigenvalue weighted by Crippen LogP contribution is 2.24. The van der Waals surface area contributed by atoms with Gasteiger partial charge in [-0.3, -0.25) is 0 Å². The van der Waals surface area contributed by atoms with E-state index in [2.05, 4.69) is 149 Å². The van der Waals surface area contributed by atoms with Gasteiger partial charge in [-0.15, -0.1) is 18.4 Å². The average Bonchev–Trinajstić information content (AvgIpc) is 3.08. The molecule has 0 saturated heterocycles. The summed E-state index contributed by atoms with van der Waals surface area (Å²) in [6.45, 7) is 22.7. The molecule has 0 aliphatic carbocycles. The number of nitriles is 2. The maximum Gasteiger partial charge on any atom is 0.234 e. The van der Waals surface area contributed by atoms with Gasteiger partial charge in [-0.1, -0.05) is 91.4 Å². The van der Waals surface area contributed by atoms with Crippen LogP contribution in [0.4, 0.5) is 11.6 Å². The Morgan fingerprint density at radius 3 is 1.35 bits per heavy atom. The van der Waals surface area contributed by atoms with Crippen LogP contribution < -0.4 is 9.80 Å². The lowest BCUT2D eigenvalue weighted by atomic mass is 9.95. The van der Waals surface area contributed by atoms with E-state index in [1.54, 1.807) is 12.4 Å². The van der Waals surface area contributed by atoms with E-state index >= 15 is 0 Å². The van der Waals surface area contributed by atoms with Crippen LogP contribution in [-0.2, 0) is 13.1 Å². The highest BCUT2D eigenvalue weighted by atomic mass is 127. The van der Waals surface area contributed by atoms with E-state index in [4.69, 9.17) is 23.4 Å². The minimum Gasteiger partial charge on any atom is -0.352 e. The molecule has 2 aromatic carbocycles. The summed E-state index contributed by atoms with van der Waals surface area (Å²) in [5.74, 6) is 4.56. The predicted molar refractivity (Wildman–Crippen MR) is 220 cm³/mol. The number of halogens is 1. The van der Waals surface area contributed by atoms with Gasteiger partial charge in [-0.2, -0.15) is 10.5 Å². The molecule has 51 heavy (non-hydrogen) atoms. The largest absolute Gasteiger partial charge is 0.352 e. The standard InChI is InChI=1S/C19H20N4.C17H19IN4.C5H10Si/c1-5-15-6-8-16(9-7-15)13-23(14-19(2,3)4)18-10-11-21-17(12-20)22-18;1-17(2,3)12-22(11-13-4-6-14(18)7-5-13)16-8-9-20-15(10-19)21-16;1-5-6(2,3)4/h1,6-11H,13-14H2,2-4H3;4-9H,11-12H2,1-3H3;1H,2-4H3. The monoisotopic (exact) mass is 808 g/mol. The van der Waals surface area contributed by atoms with Crippen LogP contribution in [0, 0.1) is 61.4 Å². The van der Waals surface area contributed by atoms with Crippen molar-refractivity contribution in [2.24, 2.45) is 10.8 Å². The fourth-order valence-corrected chi connectivity index (χ4v) is 4.84. The molecule has 0 spiro atoms. The smallest absolute Gasteiger partial charge is 0.234 e. The molecule has 0 fully saturated rings. The van der Waals surface area contributed by atoms with E-state index in [1.165, 1.54) is 9.13 Å². The van der Waals surface area contributed by atoms with Crippen molar-refractivity contribution in [1.82, 2.24) is 19.9 Å². The third-order valence-corrected chi connectivity index (χ3v) is 8.26. The molecule has 2 heterocycles. The van der Waals surface area contributed by atoms with Crippen molar-refractivity contribution in [3.63, 3.8) is 0 Å². The van der Waals surface area contributed by atoms with Crippen molar-refractivity contribution < 1.29 is 0 Å². The van der Waals surface area contributed by atoms with Gasteiger partial charge < -0.3 is 9.80 Å². The summed E-state index contributed by atoms with van der Waals surface area (Å²) in [6, 6.07) is 24.1. The van der Waals surface area contributed by atoms with Gasteiger partial charge in [0.2, 0.25) is 11.6 Å². The fraction of sp³-hybridized carbons (Fsp3) is 0.366. The number of hydrogen-bond acceptors (Lipinski definition) is 8. The molecule has 0 atom stereocenters. The lowest BCUT2D eigenvalue weighted by Gasteiger charge is -2.31. The van der Waals surface area contributed by atoms with Gasteiger partial charge in [0.15, 0.2) is 0 Å². The van der Waals surface area contributed by atoms with Gasteiger partial charge in [-0.25, -0.2) is 19.9 Å². The van der Waals surface area contributed by atoms with Crippen LogP contribution in [0.2, 0.25) is 19.6 Å². The van der Waals surface area contributed by atoms with E-state index in [1.807, 2.05) is 48.5 Å². The highest BCUT2D eigenvalue weighted by Gasteiger charge is 2.20. The van der Waals surface area contributed by atoms with E-state index < -0.39 is 8.07 Å². The first-order chi connectivity index (χ1) is 23.8. The molecule has 0 unspecified atom stereocenters. The Hall–Kier alpha value is -4.75. The molecule has 0 bridgehead atoms. The Kier molecular flexibility index (Phi) is 16.3. The first-order valence-electron chi connectivity index (χ1n) is 16.6. The summed E-state index contributed by atoms with van der Waals surface area (Å²) in [4.78, 5) is 20.9. The maximum absolute atomic E-state index is 9.01. The molecular weight excluding hydrogens is 759 g/mol. The topological polar surface area (TPSA) is 106 Å². The molecule has 8 nitrogen and oxygen atoms in total. The Bertz CT molecular complexity index is 1860. The third-order valence-electron chi connectivity index (χ3n) is 6.67. The first kappa shape index (κ1) is 42.4. The van der Waals surface area contributed by atoms with E-state index in [0.29, 0.717) is 6.54 Å². The van der Waals surface area contributed by atoms with Gasteiger partial charge >= 0.3 is 0 Å². The molecule has 0 amide bonds. The summed E-state index contributed by atoms with van der Waals surface area (Å²) in [7, 11) is -1.10. The second kappa shape index (κ2) is 19.6. The van der Waals surface area contributed by atoms with Gasteiger partial charge in [0, 0.05) is 47.7 Å². The minimum atomic E-state index is -1.10. The van der Waals surface area contributed by atoms with Gasteiger partial charge in [0.1, 0.15) is 31.8 Å². The number of anilines is 2. The van der Waals surface area contributed by atoms with Crippen LogP contribution >= 0.6 is 22.6 Å². The minimum absolute atomic E-state index is 0.0938. The molecule has 2 aromatic heterocycles. The predicted octanol–water partition coefficient (Wildman–Crippen LogP) is 8.88. The number of rotatable bonds is 8. The van der Waals surface area contributed by atoms with Crippen molar-refractivity contribution in [3.05, 3.63) is 105 Å². The summed E-state index contributed by atoms with van der Waals surface area (Å²) in [5, 5.41) is 18.0. The van der Waals surface area contributed by atoms with E-state index in [-0.39, 0.29) is 22.5 Å². The van der Waals surface area contributed by atoms with Crippen molar-refractivity contribution >= 4 is 42.3 Å². The Balaban J connectivity index is 0.000000305. The lowest BCUT2D eigenvalue weighted by molar-refractivity contribution is 0.407. The zero-order valence-corrected chi connectivity index (χ0v) is 34.5. The van der Waals surface area contributed by atoms with Crippen LogP contribution in [0.25, 0.3) is 0 Å². The molecular formula is C41H49IN8Si. The maximum atomic E-state index is 9.01. The summed E-state index contributed by atoms with van der Waals surface area (Å²) < 4.78 is 1.22. The SMILES string of the molecule is C#C[Si](C)(C)C.C#Cc1ccc(CN(CC(C)(C)C)c2ccnc(C#N)n2)cc1.CC(C)(C)CN(Cc1ccc(I)cc1)c1ccnc(C#N)n1. The number of nitrogens with zero attached hydrogens (tertiary/aromatic N) is 8. The lowest BCUT2D eigenvalue weighted by Crippen LogP contribution is -2.33. The van der Waals surface area contributed by atoms with Crippen molar-refractivity contribution in [2.45, 2.75) is 74.3 Å². The molecule has 4 aromatic rings. The molecule has 0 N–H and O–H groups in total. The summed E-state index contributed by atoms with van der Waals surface area (Å²) in [5.41, 5.74) is 6.20. The fourth-order valence-electron chi connectivity index (χ4n) is 4.48. The van der Waals surface area contributed by atoms with Crippen molar-refractivity contribution in [2.75, 3.05) is 22.9 Å². The average molecular weight is 809 g/mol. The molecule has 10 heteroatoms. The quantitative estimate of drug-likeness (QED) is 0.0988.